The van der Waals surface area contributed by atoms with Crippen LogP contribution in [-0.4, -0.2) is 17.5 Å². The molecule has 3 heteroatoms. The highest BCUT2D eigenvalue weighted by Gasteiger charge is 2.34. The first kappa shape index (κ1) is 15.0. The second kappa shape index (κ2) is 6.43. The van der Waals surface area contributed by atoms with Gasteiger partial charge in [-0.05, 0) is 41.9 Å². The summed E-state index contributed by atoms with van der Waals surface area (Å²) in [6, 6.07) is 8.76. The number of anilines is 1. The van der Waals surface area contributed by atoms with Crippen molar-refractivity contribution in [2.45, 2.75) is 51.9 Å². The molecule has 0 unspecified atom stereocenters. The first-order chi connectivity index (χ1) is 10.2. The molecule has 21 heavy (non-hydrogen) atoms. The number of hydrogen-bond acceptors (Lipinski definition) is 3. The lowest BCUT2D eigenvalue weighted by Crippen LogP contribution is -2.35. The summed E-state index contributed by atoms with van der Waals surface area (Å²) in [6.07, 6.45) is 6.97. The standard InChI is InChI=1S/C18H26N2S/c1-14(2)15-6-8-16(9-7-15)20-17-19-12-18(13-21-17)10-4-3-5-11-18/h6-9,14H,3-5,10-13H2,1-2H3,(H,19,20). The molecule has 0 bridgehead atoms. The molecule has 1 heterocycles. The van der Waals surface area contributed by atoms with Crippen molar-refractivity contribution in [3.8, 4) is 0 Å². The highest BCUT2D eigenvalue weighted by atomic mass is 32.2. The number of amidine groups is 1. The summed E-state index contributed by atoms with van der Waals surface area (Å²) < 4.78 is 0. The van der Waals surface area contributed by atoms with Crippen LogP contribution in [0.4, 0.5) is 5.69 Å². The molecule has 1 aliphatic heterocycles. The Morgan fingerprint density at radius 1 is 1.10 bits per heavy atom. The van der Waals surface area contributed by atoms with Crippen LogP contribution in [0.1, 0.15) is 57.4 Å². The fraction of sp³-hybridized carbons (Fsp3) is 0.611. The molecule has 0 atom stereocenters. The smallest absolute Gasteiger partial charge is 0.161 e. The SMILES string of the molecule is CC(C)c1ccc(NC2=NCC3(CCCCC3)CS2)cc1. The molecule has 1 spiro atoms. The van der Waals surface area contributed by atoms with Gasteiger partial charge in [0.15, 0.2) is 5.17 Å². The molecule has 1 saturated carbocycles. The minimum absolute atomic E-state index is 0.510. The summed E-state index contributed by atoms with van der Waals surface area (Å²) in [5.74, 6) is 1.83. The highest BCUT2D eigenvalue weighted by molar-refractivity contribution is 8.14. The molecule has 1 aliphatic carbocycles. The van der Waals surface area contributed by atoms with Gasteiger partial charge in [-0.15, -0.1) is 0 Å². The topological polar surface area (TPSA) is 24.4 Å². The van der Waals surface area contributed by atoms with Crippen molar-refractivity contribution >= 4 is 22.6 Å². The predicted molar refractivity (Wildman–Crippen MR) is 94.4 cm³/mol. The van der Waals surface area contributed by atoms with Crippen molar-refractivity contribution < 1.29 is 0 Å². The third-order valence-electron chi connectivity index (χ3n) is 4.82. The van der Waals surface area contributed by atoms with Gasteiger partial charge in [0.1, 0.15) is 0 Å². The molecule has 2 nitrogen and oxygen atoms in total. The lowest BCUT2D eigenvalue weighted by atomic mass is 9.75. The van der Waals surface area contributed by atoms with E-state index in [2.05, 4.69) is 43.4 Å². The van der Waals surface area contributed by atoms with E-state index in [1.807, 2.05) is 11.8 Å². The Kier molecular flexibility index (Phi) is 4.58. The van der Waals surface area contributed by atoms with E-state index in [4.69, 9.17) is 4.99 Å². The number of hydrogen-bond donors (Lipinski definition) is 1. The van der Waals surface area contributed by atoms with Gasteiger partial charge in [0, 0.05) is 18.0 Å². The number of aliphatic imine (C=N–C) groups is 1. The number of rotatable bonds is 2. The molecular weight excluding hydrogens is 276 g/mol. The lowest BCUT2D eigenvalue weighted by Gasteiger charge is -2.38. The van der Waals surface area contributed by atoms with E-state index in [9.17, 15) is 0 Å². The first-order valence-electron chi connectivity index (χ1n) is 8.21. The number of nitrogens with one attached hydrogen (secondary N) is 1. The molecule has 0 radical (unpaired) electrons. The highest BCUT2D eigenvalue weighted by Crippen LogP contribution is 2.41. The second-order valence-corrected chi connectivity index (χ2v) is 7.84. The quantitative estimate of drug-likeness (QED) is 0.804. The Morgan fingerprint density at radius 3 is 2.38 bits per heavy atom. The third-order valence-corrected chi connectivity index (χ3v) is 6.08. The molecular formula is C18H26N2S. The molecule has 1 fully saturated rings. The summed E-state index contributed by atoms with van der Waals surface area (Å²) in [4.78, 5) is 4.83. The zero-order valence-electron chi connectivity index (χ0n) is 13.2. The van der Waals surface area contributed by atoms with Crippen LogP contribution in [0.25, 0.3) is 0 Å². The van der Waals surface area contributed by atoms with Gasteiger partial charge in [-0.3, -0.25) is 4.99 Å². The van der Waals surface area contributed by atoms with Crippen molar-refractivity contribution in [1.29, 1.82) is 0 Å². The summed E-state index contributed by atoms with van der Waals surface area (Å²) in [5, 5.41) is 4.58. The van der Waals surface area contributed by atoms with E-state index >= 15 is 0 Å². The minimum atomic E-state index is 0.510. The average molecular weight is 302 g/mol. The number of benzene rings is 1. The fourth-order valence-corrected chi connectivity index (χ4v) is 4.48. The maximum absolute atomic E-state index is 4.83. The van der Waals surface area contributed by atoms with E-state index in [1.54, 1.807) is 0 Å². The van der Waals surface area contributed by atoms with E-state index in [-0.39, 0.29) is 0 Å². The van der Waals surface area contributed by atoms with E-state index in [1.165, 1.54) is 43.4 Å². The molecule has 114 valence electrons. The molecule has 0 amide bonds. The van der Waals surface area contributed by atoms with Crippen molar-refractivity contribution in [3.63, 3.8) is 0 Å². The van der Waals surface area contributed by atoms with Crippen LogP contribution in [0, 0.1) is 5.41 Å². The summed E-state index contributed by atoms with van der Waals surface area (Å²) >= 11 is 1.91. The zero-order valence-corrected chi connectivity index (χ0v) is 14.0. The Bertz CT molecular complexity index is 498. The van der Waals surface area contributed by atoms with Gasteiger partial charge in [0.2, 0.25) is 0 Å². The largest absolute Gasteiger partial charge is 0.335 e. The van der Waals surface area contributed by atoms with Gasteiger partial charge in [-0.1, -0.05) is 57.0 Å². The lowest BCUT2D eigenvalue weighted by molar-refractivity contribution is 0.232. The van der Waals surface area contributed by atoms with Crippen molar-refractivity contribution in [3.05, 3.63) is 29.8 Å². The molecule has 3 rings (SSSR count). The van der Waals surface area contributed by atoms with Gasteiger partial charge in [0.25, 0.3) is 0 Å². The molecule has 1 aromatic rings. The zero-order chi connectivity index (χ0) is 14.7. The van der Waals surface area contributed by atoms with Crippen LogP contribution in [0.3, 0.4) is 0 Å². The normalized spacial score (nSPS) is 21.4. The number of thioether (sulfide) groups is 1. The van der Waals surface area contributed by atoms with Crippen LogP contribution < -0.4 is 5.32 Å². The van der Waals surface area contributed by atoms with E-state index < -0.39 is 0 Å². The van der Waals surface area contributed by atoms with Crippen molar-refractivity contribution in [2.24, 2.45) is 10.4 Å². The van der Waals surface area contributed by atoms with Gasteiger partial charge in [0.05, 0.1) is 0 Å². The van der Waals surface area contributed by atoms with E-state index in [0.717, 1.165) is 17.4 Å². The fourth-order valence-electron chi connectivity index (χ4n) is 3.31. The van der Waals surface area contributed by atoms with Crippen LogP contribution in [0.15, 0.2) is 29.3 Å². The Balaban J connectivity index is 1.61. The van der Waals surface area contributed by atoms with Gasteiger partial charge in [-0.2, -0.15) is 0 Å². The Hall–Kier alpha value is -0.960. The summed E-state index contributed by atoms with van der Waals surface area (Å²) in [6.45, 7) is 5.48. The van der Waals surface area contributed by atoms with E-state index in [0.29, 0.717) is 11.3 Å². The van der Waals surface area contributed by atoms with Crippen LogP contribution in [0.2, 0.25) is 0 Å². The van der Waals surface area contributed by atoms with Crippen molar-refractivity contribution in [1.82, 2.24) is 0 Å². The maximum atomic E-state index is 4.83. The Morgan fingerprint density at radius 2 is 1.81 bits per heavy atom. The second-order valence-electron chi connectivity index (χ2n) is 6.87. The monoisotopic (exact) mass is 302 g/mol. The van der Waals surface area contributed by atoms with Crippen LogP contribution in [0.5, 0.6) is 0 Å². The van der Waals surface area contributed by atoms with Crippen LogP contribution >= 0.6 is 11.8 Å². The third kappa shape index (κ3) is 3.63. The number of nitrogens with zero attached hydrogens (tertiary/aromatic N) is 1. The first-order valence-corrected chi connectivity index (χ1v) is 9.20. The summed E-state index contributed by atoms with van der Waals surface area (Å²) in [5.41, 5.74) is 3.06. The van der Waals surface area contributed by atoms with Crippen LogP contribution in [-0.2, 0) is 0 Å². The van der Waals surface area contributed by atoms with Gasteiger partial charge >= 0.3 is 0 Å². The Labute approximate surface area is 132 Å². The maximum Gasteiger partial charge on any atom is 0.161 e. The molecule has 1 aromatic carbocycles. The molecule has 0 aromatic heterocycles. The minimum Gasteiger partial charge on any atom is -0.335 e. The van der Waals surface area contributed by atoms with Gasteiger partial charge < -0.3 is 5.32 Å². The van der Waals surface area contributed by atoms with Gasteiger partial charge in [-0.25, -0.2) is 0 Å². The summed E-state index contributed by atoms with van der Waals surface area (Å²) in [7, 11) is 0. The van der Waals surface area contributed by atoms with Crippen molar-refractivity contribution in [2.75, 3.05) is 17.6 Å². The molecule has 0 saturated heterocycles. The predicted octanol–water partition coefficient (Wildman–Crippen LogP) is 5.28. The molecule has 2 aliphatic rings. The average Bonchev–Trinajstić information content (AvgIpc) is 2.51. The molecule has 1 N–H and O–H groups in total.